The third-order valence-corrected chi connectivity index (χ3v) is 4.65. The van der Waals surface area contributed by atoms with E-state index in [1.165, 1.54) is 12.1 Å². The molecule has 2 aromatic rings. The van der Waals surface area contributed by atoms with E-state index in [1.807, 2.05) is 24.3 Å². The zero-order valence-electron chi connectivity index (χ0n) is 12.5. The van der Waals surface area contributed by atoms with Crippen molar-refractivity contribution >= 4 is 56.8 Å². The average Bonchev–Trinajstić information content (AvgIpc) is 2.70. The normalized spacial score (nSPS) is 20.4. The van der Waals surface area contributed by atoms with Gasteiger partial charge in [0.1, 0.15) is 15.8 Å². The summed E-state index contributed by atoms with van der Waals surface area (Å²) in [4.78, 5) is 30.1. The van der Waals surface area contributed by atoms with E-state index in [2.05, 4.69) is 26.2 Å². The molecule has 3 rings (SSSR count). The summed E-state index contributed by atoms with van der Waals surface area (Å²) in [5.41, 5.74) is 0.177. The predicted octanol–water partition coefficient (Wildman–Crippen LogP) is 4.21. The Morgan fingerprint density at radius 3 is 2.33 bits per heavy atom. The highest BCUT2D eigenvalue weighted by atomic mass is 79.9. The van der Waals surface area contributed by atoms with Gasteiger partial charge in [0.2, 0.25) is 0 Å². The van der Waals surface area contributed by atoms with Gasteiger partial charge in [0.05, 0.1) is 5.69 Å². The van der Waals surface area contributed by atoms with Gasteiger partial charge in [0, 0.05) is 10.9 Å². The second-order valence-electron chi connectivity index (χ2n) is 5.68. The number of nitrogens with one attached hydrogen (secondary N) is 1. The van der Waals surface area contributed by atoms with Crippen LogP contribution < -0.4 is 10.2 Å². The van der Waals surface area contributed by atoms with Crippen molar-refractivity contribution in [2.75, 3.05) is 4.90 Å². The van der Waals surface area contributed by atoms with E-state index in [0.29, 0.717) is 12.1 Å². The minimum Gasteiger partial charge on any atom is -0.323 e. The minimum absolute atomic E-state index is 0.111. The number of amides is 3. The van der Waals surface area contributed by atoms with Gasteiger partial charge < -0.3 is 5.32 Å². The molecular weight excluding hydrogens is 417 g/mol. The molecule has 0 aliphatic carbocycles. The molecule has 1 N–H and O–H groups in total. The van der Waals surface area contributed by atoms with Crippen molar-refractivity contribution in [1.29, 1.82) is 0 Å². The van der Waals surface area contributed by atoms with Crippen LogP contribution in [-0.2, 0) is 11.2 Å². The first-order valence-electron chi connectivity index (χ1n) is 7.03. The van der Waals surface area contributed by atoms with Crippen LogP contribution >= 0.6 is 39.1 Å². The van der Waals surface area contributed by atoms with Crippen molar-refractivity contribution in [3.8, 4) is 0 Å². The fourth-order valence-electron chi connectivity index (χ4n) is 2.63. The third kappa shape index (κ3) is 3.27. The van der Waals surface area contributed by atoms with Gasteiger partial charge in [0.25, 0.3) is 5.91 Å². The van der Waals surface area contributed by atoms with Gasteiger partial charge in [-0.3, -0.25) is 4.79 Å². The van der Waals surface area contributed by atoms with Gasteiger partial charge in [-0.15, -0.1) is 0 Å². The lowest BCUT2D eigenvalue weighted by Crippen LogP contribution is -2.46. The topological polar surface area (TPSA) is 62.3 Å². The molecule has 3 amide bonds. The fourth-order valence-corrected chi connectivity index (χ4v) is 3.34. The van der Waals surface area contributed by atoms with Crippen LogP contribution in [0.5, 0.6) is 0 Å². The standard InChI is InChI=1S/C16H12BrCl2N3O2/c1-16(8-9-2-4-10(17)5-3-9)14(23)22(15(24)21-16)11-6-12(18)20-13(19)7-11/h2-7H,8H2,1H3,(H,21,24)/t16-/m1/s1. The quantitative estimate of drug-likeness (QED) is 0.588. The van der Waals surface area contributed by atoms with E-state index in [0.717, 1.165) is 14.9 Å². The number of pyridine rings is 1. The zero-order valence-corrected chi connectivity index (χ0v) is 15.6. The molecule has 0 bridgehead atoms. The number of urea groups is 1. The second kappa shape index (κ2) is 6.35. The lowest BCUT2D eigenvalue weighted by atomic mass is 9.93. The summed E-state index contributed by atoms with van der Waals surface area (Å²) in [6.07, 6.45) is 0.369. The zero-order chi connectivity index (χ0) is 17.5. The van der Waals surface area contributed by atoms with Crippen LogP contribution in [0.3, 0.4) is 0 Å². The summed E-state index contributed by atoms with van der Waals surface area (Å²) < 4.78 is 0.945. The molecule has 24 heavy (non-hydrogen) atoms. The number of hydrogen-bond acceptors (Lipinski definition) is 3. The fraction of sp³-hybridized carbons (Fsp3) is 0.188. The minimum atomic E-state index is -1.05. The van der Waals surface area contributed by atoms with E-state index >= 15 is 0 Å². The Labute approximate surface area is 157 Å². The number of imide groups is 1. The molecule has 124 valence electrons. The highest BCUT2D eigenvalue weighted by Gasteiger charge is 2.48. The van der Waals surface area contributed by atoms with Crippen LogP contribution in [-0.4, -0.2) is 22.5 Å². The number of benzene rings is 1. The SMILES string of the molecule is C[C@]1(Cc2ccc(Br)cc2)NC(=O)N(c2cc(Cl)nc(Cl)c2)C1=O. The molecular formula is C16H12BrCl2N3O2. The molecule has 1 aliphatic rings. The maximum absolute atomic E-state index is 12.9. The van der Waals surface area contributed by atoms with Crippen LogP contribution in [0.4, 0.5) is 10.5 Å². The van der Waals surface area contributed by atoms with Crippen molar-refractivity contribution in [2.24, 2.45) is 0 Å². The van der Waals surface area contributed by atoms with E-state index in [9.17, 15) is 9.59 Å². The number of hydrogen-bond donors (Lipinski definition) is 1. The first-order chi connectivity index (χ1) is 11.3. The lowest BCUT2D eigenvalue weighted by Gasteiger charge is -2.22. The van der Waals surface area contributed by atoms with Crippen LogP contribution in [0.2, 0.25) is 10.3 Å². The maximum atomic E-state index is 12.9. The summed E-state index contributed by atoms with van der Waals surface area (Å²) in [7, 11) is 0. The van der Waals surface area contributed by atoms with E-state index in [1.54, 1.807) is 6.92 Å². The van der Waals surface area contributed by atoms with Crippen LogP contribution in [0.25, 0.3) is 0 Å². The lowest BCUT2D eigenvalue weighted by molar-refractivity contribution is -0.121. The highest BCUT2D eigenvalue weighted by molar-refractivity contribution is 9.10. The van der Waals surface area contributed by atoms with E-state index in [4.69, 9.17) is 23.2 Å². The van der Waals surface area contributed by atoms with E-state index in [-0.39, 0.29) is 16.2 Å². The van der Waals surface area contributed by atoms with Crippen molar-refractivity contribution in [3.63, 3.8) is 0 Å². The Hall–Kier alpha value is -1.63. The van der Waals surface area contributed by atoms with Crippen LogP contribution in [0, 0.1) is 0 Å². The predicted molar refractivity (Wildman–Crippen MR) is 96.5 cm³/mol. The van der Waals surface area contributed by atoms with Crippen molar-refractivity contribution in [1.82, 2.24) is 10.3 Å². The second-order valence-corrected chi connectivity index (χ2v) is 7.37. The number of nitrogens with zero attached hydrogens (tertiary/aromatic N) is 2. The highest BCUT2D eigenvalue weighted by Crippen LogP contribution is 2.30. The number of aromatic nitrogens is 1. The molecule has 0 unspecified atom stereocenters. The molecule has 2 heterocycles. The molecule has 5 nitrogen and oxygen atoms in total. The van der Waals surface area contributed by atoms with Crippen LogP contribution in [0.1, 0.15) is 12.5 Å². The van der Waals surface area contributed by atoms with Crippen molar-refractivity contribution in [3.05, 3.63) is 56.7 Å². The molecule has 0 spiro atoms. The summed E-state index contributed by atoms with van der Waals surface area (Å²) in [5.74, 6) is -0.367. The number of carbonyl (C=O) groups excluding carboxylic acids is 2. The molecule has 8 heteroatoms. The van der Waals surface area contributed by atoms with Crippen LogP contribution in [0.15, 0.2) is 40.9 Å². The molecule has 1 atom stereocenters. The average molecular weight is 429 g/mol. The Morgan fingerprint density at radius 2 is 1.75 bits per heavy atom. The number of anilines is 1. The van der Waals surface area contributed by atoms with Gasteiger partial charge in [-0.05, 0) is 36.8 Å². The molecule has 1 aliphatic heterocycles. The largest absolute Gasteiger partial charge is 0.329 e. The smallest absolute Gasteiger partial charge is 0.323 e. The Kier molecular flexibility index (Phi) is 4.55. The van der Waals surface area contributed by atoms with Gasteiger partial charge in [-0.2, -0.15) is 0 Å². The summed E-state index contributed by atoms with van der Waals surface area (Å²) in [5, 5.41) is 2.97. The first-order valence-corrected chi connectivity index (χ1v) is 8.58. The molecule has 1 aromatic heterocycles. The first kappa shape index (κ1) is 17.2. The van der Waals surface area contributed by atoms with Crippen molar-refractivity contribution < 1.29 is 9.59 Å². The molecule has 1 fully saturated rings. The number of carbonyl (C=O) groups is 2. The summed E-state index contributed by atoms with van der Waals surface area (Å²) in [6.45, 7) is 1.69. The van der Waals surface area contributed by atoms with E-state index < -0.39 is 11.6 Å². The molecule has 1 aromatic carbocycles. The Balaban J connectivity index is 1.91. The molecule has 0 saturated carbocycles. The molecule has 0 radical (unpaired) electrons. The summed E-state index contributed by atoms with van der Waals surface area (Å²) >= 11 is 15.1. The third-order valence-electron chi connectivity index (χ3n) is 3.74. The Morgan fingerprint density at radius 1 is 1.17 bits per heavy atom. The summed E-state index contributed by atoms with van der Waals surface area (Å²) in [6, 6.07) is 9.92. The van der Waals surface area contributed by atoms with Gasteiger partial charge in [-0.25, -0.2) is 14.7 Å². The van der Waals surface area contributed by atoms with Gasteiger partial charge >= 0.3 is 6.03 Å². The maximum Gasteiger partial charge on any atom is 0.329 e. The number of rotatable bonds is 3. The van der Waals surface area contributed by atoms with Gasteiger partial charge in [0.15, 0.2) is 0 Å². The Bertz CT molecular complexity index is 808. The molecule has 1 saturated heterocycles. The van der Waals surface area contributed by atoms with Gasteiger partial charge in [-0.1, -0.05) is 51.3 Å². The monoisotopic (exact) mass is 427 g/mol. The number of halogens is 3. The van der Waals surface area contributed by atoms with Crippen molar-refractivity contribution in [2.45, 2.75) is 18.9 Å².